The molecule has 0 spiro atoms. The van der Waals surface area contributed by atoms with Crippen LogP contribution in [0.2, 0.25) is 0 Å². The number of nitrogens with one attached hydrogen (secondary N) is 1. The summed E-state index contributed by atoms with van der Waals surface area (Å²) in [5, 5.41) is 6.48. The molecule has 134 valence electrons. The van der Waals surface area contributed by atoms with Crippen LogP contribution in [0.5, 0.6) is 0 Å². The second kappa shape index (κ2) is 6.32. The van der Waals surface area contributed by atoms with Gasteiger partial charge in [-0.3, -0.25) is 4.79 Å². The Bertz CT molecular complexity index is 967. The number of oxazole rings is 1. The molecule has 2 aromatic heterocycles. The highest BCUT2D eigenvalue weighted by Crippen LogP contribution is 2.34. The van der Waals surface area contributed by atoms with Gasteiger partial charge in [0, 0.05) is 5.56 Å². The number of amides is 1. The minimum Gasteiger partial charge on any atom is -0.438 e. The average Bonchev–Trinajstić information content (AvgIpc) is 3.34. The molecular weight excluding hydrogens is 346 g/mol. The fourth-order valence-electron chi connectivity index (χ4n) is 3.03. The molecule has 0 saturated heterocycles. The lowest BCUT2D eigenvalue weighted by Gasteiger charge is -2.12. The van der Waals surface area contributed by atoms with E-state index < -0.39 is 12.3 Å². The number of fused-ring (bicyclic) bond motifs is 1. The molecule has 2 heterocycles. The Balaban J connectivity index is 1.53. The minimum atomic E-state index is -2.80. The maximum Gasteiger partial charge on any atom is 0.315 e. The molecule has 0 radical (unpaired) electrons. The molecule has 1 atom stereocenters. The standard InChI is InChI=1S/C17H14F2N4O3/c1-8-7-20-17(25-8)15(24)21-12-5-3-9-6-10(2-4-11(9)12)14-22-16(13(18)19)26-23-14/h2,4,6-7,12-13H,3,5H2,1H3,(H,21,24). The molecule has 4 rings (SSSR count). The van der Waals surface area contributed by atoms with E-state index in [0.717, 1.165) is 24.0 Å². The molecule has 0 bridgehead atoms. The number of aryl methyl sites for hydroxylation is 2. The lowest BCUT2D eigenvalue weighted by atomic mass is 10.0. The average molecular weight is 360 g/mol. The molecule has 1 aliphatic rings. The number of hydrogen-bond donors (Lipinski definition) is 1. The maximum atomic E-state index is 12.6. The van der Waals surface area contributed by atoms with Crippen molar-refractivity contribution in [2.75, 3.05) is 0 Å². The van der Waals surface area contributed by atoms with Crippen LogP contribution in [0, 0.1) is 6.92 Å². The van der Waals surface area contributed by atoms with Gasteiger partial charge in [0.2, 0.25) is 5.82 Å². The van der Waals surface area contributed by atoms with Crippen LogP contribution in [0.25, 0.3) is 11.4 Å². The number of carbonyl (C=O) groups is 1. The van der Waals surface area contributed by atoms with Gasteiger partial charge in [0.05, 0.1) is 12.2 Å². The van der Waals surface area contributed by atoms with E-state index in [0.29, 0.717) is 11.3 Å². The number of aromatic nitrogens is 3. The molecule has 0 aliphatic heterocycles. The SMILES string of the molecule is Cc1cnc(C(=O)NC2CCc3cc(-c4noc(C(F)F)n4)ccc32)o1. The largest absolute Gasteiger partial charge is 0.438 e. The number of benzene rings is 1. The number of rotatable bonds is 4. The van der Waals surface area contributed by atoms with E-state index in [-0.39, 0.29) is 23.7 Å². The Labute approximate surface area is 146 Å². The monoisotopic (exact) mass is 360 g/mol. The summed E-state index contributed by atoms with van der Waals surface area (Å²) in [5.41, 5.74) is 2.55. The molecule has 1 unspecified atom stereocenters. The van der Waals surface area contributed by atoms with Gasteiger partial charge in [-0.15, -0.1) is 0 Å². The van der Waals surface area contributed by atoms with E-state index in [9.17, 15) is 13.6 Å². The molecule has 7 nitrogen and oxygen atoms in total. The molecule has 1 amide bonds. The first-order valence-corrected chi connectivity index (χ1v) is 7.99. The maximum absolute atomic E-state index is 12.6. The van der Waals surface area contributed by atoms with Crippen LogP contribution in [-0.4, -0.2) is 21.0 Å². The zero-order valence-electron chi connectivity index (χ0n) is 13.7. The lowest BCUT2D eigenvalue weighted by molar-refractivity contribution is 0.0900. The predicted molar refractivity (Wildman–Crippen MR) is 84.5 cm³/mol. The van der Waals surface area contributed by atoms with Gasteiger partial charge in [-0.1, -0.05) is 17.3 Å². The van der Waals surface area contributed by atoms with Gasteiger partial charge in [-0.05, 0) is 37.0 Å². The molecule has 9 heteroatoms. The van der Waals surface area contributed by atoms with Gasteiger partial charge >= 0.3 is 12.3 Å². The zero-order chi connectivity index (χ0) is 18.3. The van der Waals surface area contributed by atoms with E-state index in [2.05, 4.69) is 25.0 Å². The van der Waals surface area contributed by atoms with E-state index in [4.69, 9.17) is 4.42 Å². The van der Waals surface area contributed by atoms with E-state index in [1.807, 2.05) is 12.1 Å². The highest BCUT2D eigenvalue weighted by atomic mass is 19.3. The van der Waals surface area contributed by atoms with Crippen LogP contribution in [0.1, 0.15) is 52.4 Å². The van der Waals surface area contributed by atoms with Crippen molar-refractivity contribution >= 4 is 5.91 Å². The Morgan fingerprint density at radius 3 is 2.92 bits per heavy atom. The van der Waals surface area contributed by atoms with Gasteiger partial charge in [-0.2, -0.15) is 13.8 Å². The van der Waals surface area contributed by atoms with Gasteiger partial charge in [0.1, 0.15) is 5.76 Å². The van der Waals surface area contributed by atoms with Crippen LogP contribution < -0.4 is 5.32 Å². The number of nitrogens with zero attached hydrogens (tertiary/aromatic N) is 3. The summed E-state index contributed by atoms with van der Waals surface area (Å²) in [5.74, 6) is -0.369. The van der Waals surface area contributed by atoms with E-state index in [1.54, 1.807) is 13.0 Å². The summed E-state index contributed by atoms with van der Waals surface area (Å²) in [7, 11) is 0. The molecule has 3 aromatic rings. The highest BCUT2D eigenvalue weighted by molar-refractivity contribution is 5.90. The molecule has 1 aliphatic carbocycles. The second-order valence-electron chi connectivity index (χ2n) is 6.01. The second-order valence-corrected chi connectivity index (χ2v) is 6.01. The molecule has 0 saturated carbocycles. The smallest absolute Gasteiger partial charge is 0.315 e. The molecule has 1 aromatic carbocycles. The topological polar surface area (TPSA) is 94.1 Å². The summed E-state index contributed by atoms with van der Waals surface area (Å²) < 4.78 is 34.9. The summed E-state index contributed by atoms with van der Waals surface area (Å²) in [6.07, 6.45) is 0.142. The normalized spacial score (nSPS) is 16.1. The van der Waals surface area contributed by atoms with Crippen LogP contribution in [0.3, 0.4) is 0 Å². The number of hydrogen-bond acceptors (Lipinski definition) is 6. The van der Waals surface area contributed by atoms with Crippen LogP contribution >= 0.6 is 0 Å². The minimum absolute atomic E-state index is 0.0268. The lowest BCUT2D eigenvalue weighted by Crippen LogP contribution is -2.27. The summed E-state index contributed by atoms with van der Waals surface area (Å²) >= 11 is 0. The first-order valence-electron chi connectivity index (χ1n) is 7.99. The Hall–Kier alpha value is -3.10. The van der Waals surface area contributed by atoms with Crippen molar-refractivity contribution in [3.63, 3.8) is 0 Å². The first kappa shape index (κ1) is 16.4. The summed E-state index contributed by atoms with van der Waals surface area (Å²) in [6.45, 7) is 1.72. The highest BCUT2D eigenvalue weighted by Gasteiger charge is 2.27. The van der Waals surface area contributed by atoms with Crippen molar-refractivity contribution < 1.29 is 22.5 Å². The summed E-state index contributed by atoms with van der Waals surface area (Å²) in [6, 6.07) is 5.22. The van der Waals surface area contributed by atoms with Crippen molar-refractivity contribution in [1.82, 2.24) is 20.4 Å². The third-order valence-corrected chi connectivity index (χ3v) is 4.23. The number of halogens is 2. The third kappa shape index (κ3) is 2.96. The Morgan fingerprint density at radius 2 is 2.23 bits per heavy atom. The van der Waals surface area contributed by atoms with Crippen molar-refractivity contribution in [2.45, 2.75) is 32.2 Å². The van der Waals surface area contributed by atoms with Gasteiger partial charge in [0.15, 0.2) is 0 Å². The molecule has 1 N–H and O–H groups in total. The van der Waals surface area contributed by atoms with Crippen molar-refractivity contribution in [2.24, 2.45) is 0 Å². The quantitative estimate of drug-likeness (QED) is 0.766. The van der Waals surface area contributed by atoms with Crippen molar-refractivity contribution in [1.29, 1.82) is 0 Å². The molecule has 0 fully saturated rings. The predicted octanol–water partition coefficient (Wildman–Crippen LogP) is 3.39. The van der Waals surface area contributed by atoms with E-state index >= 15 is 0 Å². The van der Waals surface area contributed by atoms with Crippen molar-refractivity contribution in [3.05, 3.63) is 53.1 Å². The molecular formula is C17H14F2N4O3. The molecule has 26 heavy (non-hydrogen) atoms. The van der Waals surface area contributed by atoms with Gasteiger partial charge < -0.3 is 14.3 Å². The Kier molecular flexibility index (Phi) is 3.98. The van der Waals surface area contributed by atoms with E-state index in [1.165, 1.54) is 6.20 Å². The fraction of sp³-hybridized carbons (Fsp3) is 0.294. The number of carbonyl (C=O) groups excluding carboxylic acids is 1. The van der Waals surface area contributed by atoms with Gasteiger partial charge in [-0.25, -0.2) is 4.98 Å². The van der Waals surface area contributed by atoms with Crippen LogP contribution in [0.4, 0.5) is 8.78 Å². The fourth-order valence-corrected chi connectivity index (χ4v) is 3.03. The zero-order valence-corrected chi connectivity index (χ0v) is 13.7. The van der Waals surface area contributed by atoms with Crippen LogP contribution in [-0.2, 0) is 6.42 Å². The summed E-state index contributed by atoms with van der Waals surface area (Å²) in [4.78, 5) is 19.8. The third-order valence-electron chi connectivity index (χ3n) is 4.23. The van der Waals surface area contributed by atoms with Crippen LogP contribution in [0.15, 0.2) is 33.3 Å². The van der Waals surface area contributed by atoms with Gasteiger partial charge in [0.25, 0.3) is 11.8 Å². The first-order chi connectivity index (χ1) is 12.5. The number of alkyl halides is 2. The Morgan fingerprint density at radius 1 is 1.38 bits per heavy atom. The van der Waals surface area contributed by atoms with Crippen molar-refractivity contribution in [3.8, 4) is 11.4 Å².